The van der Waals surface area contributed by atoms with Crippen LogP contribution in [0.15, 0.2) is 42.5 Å². The normalized spacial score (nSPS) is 15.1. The van der Waals surface area contributed by atoms with Gasteiger partial charge >= 0.3 is 0 Å². The Labute approximate surface area is 150 Å². The predicted octanol–water partition coefficient (Wildman–Crippen LogP) is 3.86. The van der Waals surface area contributed by atoms with E-state index in [1.54, 1.807) is 22.9 Å². The summed E-state index contributed by atoms with van der Waals surface area (Å²) < 4.78 is 34.9. The van der Waals surface area contributed by atoms with Crippen LogP contribution in [0.3, 0.4) is 0 Å². The van der Waals surface area contributed by atoms with Crippen molar-refractivity contribution in [1.29, 1.82) is 0 Å². The molecule has 1 aliphatic heterocycles. The molecule has 4 nitrogen and oxygen atoms in total. The number of rotatable bonds is 3. The van der Waals surface area contributed by atoms with Gasteiger partial charge < -0.3 is 10.1 Å². The van der Waals surface area contributed by atoms with E-state index in [9.17, 15) is 8.78 Å². The summed E-state index contributed by atoms with van der Waals surface area (Å²) in [4.78, 5) is 0. The van der Waals surface area contributed by atoms with Gasteiger partial charge in [-0.3, -0.25) is 0 Å². The van der Waals surface area contributed by atoms with Crippen molar-refractivity contribution in [2.24, 2.45) is 0 Å². The molecule has 1 aliphatic rings. The van der Waals surface area contributed by atoms with Gasteiger partial charge in [0.05, 0.1) is 16.6 Å². The SMILES string of the molecule is Cl.Fc1cccc(-n2nc(OC3CCNCC3)c3cc(F)ccc32)c1. The average Bonchev–Trinajstić information content (AvgIpc) is 2.94. The molecule has 0 atom stereocenters. The van der Waals surface area contributed by atoms with Crippen LogP contribution in [0.5, 0.6) is 5.88 Å². The zero-order valence-electron chi connectivity index (χ0n) is 13.4. The first kappa shape index (κ1) is 17.6. The highest BCUT2D eigenvalue weighted by Crippen LogP contribution is 2.30. The van der Waals surface area contributed by atoms with E-state index >= 15 is 0 Å². The molecule has 25 heavy (non-hydrogen) atoms. The second-order valence-electron chi connectivity index (χ2n) is 5.93. The topological polar surface area (TPSA) is 39.1 Å². The molecule has 0 saturated carbocycles. The van der Waals surface area contributed by atoms with Crippen LogP contribution < -0.4 is 10.1 Å². The monoisotopic (exact) mass is 365 g/mol. The van der Waals surface area contributed by atoms with Gasteiger partial charge in [0.1, 0.15) is 17.7 Å². The molecule has 132 valence electrons. The summed E-state index contributed by atoms with van der Waals surface area (Å²) in [6.07, 6.45) is 1.81. The van der Waals surface area contributed by atoms with Gasteiger partial charge in [-0.2, -0.15) is 0 Å². The second kappa shape index (κ2) is 7.37. The van der Waals surface area contributed by atoms with E-state index in [-0.39, 0.29) is 30.1 Å². The third-order valence-electron chi connectivity index (χ3n) is 4.23. The van der Waals surface area contributed by atoms with Gasteiger partial charge in [0.15, 0.2) is 0 Å². The summed E-state index contributed by atoms with van der Waals surface area (Å²) in [5.41, 5.74) is 1.26. The van der Waals surface area contributed by atoms with Gasteiger partial charge in [0, 0.05) is 0 Å². The van der Waals surface area contributed by atoms with Crippen molar-refractivity contribution in [3.05, 3.63) is 54.1 Å². The summed E-state index contributed by atoms with van der Waals surface area (Å²) >= 11 is 0. The van der Waals surface area contributed by atoms with Crippen molar-refractivity contribution in [3.8, 4) is 11.6 Å². The maximum atomic E-state index is 13.7. The van der Waals surface area contributed by atoms with Crippen LogP contribution in [0.25, 0.3) is 16.6 Å². The number of fused-ring (bicyclic) bond motifs is 1. The lowest BCUT2D eigenvalue weighted by Crippen LogP contribution is -2.34. The maximum Gasteiger partial charge on any atom is 0.241 e. The molecule has 1 aromatic heterocycles. The summed E-state index contributed by atoms with van der Waals surface area (Å²) in [6.45, 7) is 1.78. The number of nitrogens with one attached hydrogen (secondary N) is 1. The van der Waals surface area contributed by atoms with Gasteiger partial charge in [-0.1, -0.05) is 6.07 Å². The minimum atomic E-state index is -0.351. The molecule has 0 amide bonds. The summed E-state index contributed by atoms with van der Waals surface area (Å²) in [5, 5.41) is 8.35. The number of hydrogen-bond donors (Lipinski definition) is 1. The van der Waals surface area contributed by atoms with Crippen LogP contribution in [0.2, 0.25) is 0 Å². The number of hydrogen-bond acceptors (Lipinski definition) is 3. The highest BCUT2D eigenvalue weighted by molar-refractivity contribution is 5.86. The third kappa shape index (κ3) is 3.60. The number of ether oxygens (including phenoxy) is 1. The Hall–Kier alpha value is -2.18. The number of halogens is 3. The number of nitrogens with zero attached hydrogens (tertiary/aromatic N) is 2. The molecular formula is C18H18ClF2N3O. The number of aromatic nitrogens is 2. The second-order valence-corrected chi connectivity index (χ2v) is 5.93. The third-order valence-corrected chi connectivity index (χ3v) is 4.23. The predicted molar refractivity (Wildman–Crippen MR) is 94.8 cm³/mol. The Balaban J connectivity index is 0.00000182. The minimum Gasteiger partial charge on any atom is -0.473 e. The van der Waals surface area contributed by atoms with E-state index in [1.807, 2.05) is 0 Å². The minimum absolute atomic E-state index is 0. The van der Waals surface area contributed by atoms with E-state index in [4.69, 9.17) is 4.74 Å². The first-order valence-electron chi connectivity index (χ1n) is 8.02. The molecule has 0 bridgehead atoms. The van der Waals surface area contributed by atoms with Crippen LogP contribution in [-0.4, -0.2) is 29.0 Å². The van der Waals surface area contributed by atoms with Crippen LogP contribution in [0, 0.1) is 11.6 Å². The maximum absolute atomic E-state index is 13.7. The van der Waals surface area contributed by atoms with Crippen molar-refractivity contribution in [1.82, 2.24) is 15.1 Å². The Bertz CT molecular complexity index is 878. The van der Waals surface area contributed by atoms with Crippen LogP contribution >= 0.6 is 12.4 Å². The van der Waals surface area contributed by atoms with Crippen molar-refractivity contribution in [3.63, 3.8) is 0 Å². The molecule has 2 heterocycles. The lowest BCUT2D eigenvalue weighted by atomic mass is 10.1. The molecule has 1 fully saturated rings. The van der Waals surface area contributed by atoms with E-state index < -0.39 is 0 Å². The highest BCUT2D eigenvalue weighted by atomic mass is 35.5. The molecule has 2 aromatic carbocycles. The standard InChI is InChI=1S/C18H17F2N3O.ClH/c19-12-2-1-3-14(10-12)23-17-5-4-13(20)11-16(17)18(22-23)24-15-6-8-21-9-7-15;/h1-5,10-11,15,21H,6-9H2;1H. The average molecular weight is 366 g/mol. The molecule has 0 aliphatic carbocycles. The summed E-state index contributed by atoms with van der Waals surface area (Å²) in [5.74, 6) is -0.309. The Kier molecular flexibility index (Phi) is 5.20. The molecule has 1 N–H and O–H groups in total. The largest absolute Gasteiger partial charge is 0.473 e. The molecular weight excluding hydrogens is 348 g/mol. The molecule has 0 spiro atoms. The zero-order valence-corrected chi connectivity index (χ0v) is 14.2. The van der Waals surface area contributed by atoms with Crippen molar-refractivity contribution >= 4 is 23.3 Å². The zero-order chi connectivity index (χ0) is 16.5. The van der Waals surface area contributed by atoms with E-state index in [0.717, 1.165) is 25.9 Å². The fourth-order valence-electron chi connectivity index (χ4n) is 3.03. The van der Waals surface area contributed by atoms with Gasteiger partial charge in [0.25, 0.3) is 0 Å². The van der Waals surface area contributed by atoms with E-state index in [1.165, 1.54) is 24.3 Å². The van der Waals surface area contributed by atoms with Gasteiger partial charge in [-0.15, -0.1) is 17.5 Å². The van der Waals surface area contributed by atoms with E-state index in [0.29, 0.717) is 22.5 Å². The fraction of sp³-hybridized carbons (Fsp3) is 0.278. The van der Waals surface area contributed by atoms with Crippen molar-refractivity contribution in [2.45, 2.75) is 18.9 Å². The fourth-order valence-corrected chi connectivity index (χ4v) is 3.03. The molecule has 1 saturated heterocycles. The summed E-state index contributed by atoms with van der Waals surface area (Å²) in [6, 6.07) is 10.6. The Morgan fingerprint density at radius 3 is 2.56 bits per heavy atom. The van der Waals surface area contributed by atoms with Crippen molar-refractivity contribution < 1.29 is 13.5 Å². The number of benzene rings is 2. The van der Waals surface area contributed by atoms with Crippen LogP contribution in [0.1, 0.15) is 12.8 Å². The quantitative estimate of drug-likeness (QED) is 0.766. The van der Waals surface area contributed by atoms with E-state index in [2.05, 4.69) is 10.4 Å². The molecule has 3 aromatic rings. The van der Waals surface area contributed by atoms with Gasteiger partial charge in [-0.25, -0.2) is 13.5 Å². The van der Waals surface area contributed by atoms with Gasteiger partial charge in [0.2, 0.25) is 5.88 Å². The smallest absolute Gasteiger partial charge is 0.241 e. The molecule has 0 radical (unpaired) electrons. The highest BCUT2D eigenvalue weighted by Gasteiger charge is 2.20. The first-order valence-corrected chi connectivity index (χ1v) is 8.02. The van der Waals surface area contributed by atoms with Crippen molar-refractivity contribution in [2.75, 3.05) is 13.1 Å². The molecule has 4 rings (SSSR count). The molecule has 7 heteroatoms. The van der Waals surface area contributed by atoms with Gasteiger partial charge in [-0.05, 0) is 62.3 Å². The lowest BCUT2D eigenvalue weighted by Gasteiger charge is -2.22. The summed E-state index contributed by atoms with van der Waals surface area (Å²) in [7, 11) is 0. The molecule has 0 unspecified atom stereocenters. The van der Waals surface area contributed by atoms with Crippen LogP contribution in [0.4, 0.5) is 8.78 Å². The Morgan fingerprint density at radius 2 is 1.80 bits per heavy atom. The first-order chi connectivity index (χ1) is 11.7. The lowest BCUT2D eigenvalue weighted by molar-refractivity contribution is 0.157. The Morgan fingerprint density at radius 1 is 1.04 bits per heavy atom. The number of piperidine rings is 1. The van der Waals surface area contributed by atoms with Crippen LogP contribution in [-0.2, 0) is 0 Å².